The maximum atomic E-state index is 4.01. The molecule has 2 nitrogen and oxygen atoms in total. The van der Waals surface area contributed by atoms with Crippen LogP contribution < -0.4 is 0 Å². The molecule has 1 aromatic heterocycles. The molecule has 0 radical (unpaired) electrons. The molecule has 2 heteroatoms. The normalized spacial score (nSPS) is 11.1. The molecular formula is C11H8N2. The highest BCUT2D eigenvalue weighted by Gasteiger charge is 2.08. The fraction of sp³-hybridized carbons (Fsp3) is 0. The molecular weight excluding hydrogens is 160 g/mol. The van der Waals surface area contributed by atoms with Crippen LogP contribution in [0.1, 0.15) is 0 Å². The monoisotopic (exact) mass is 168 g/mol. The highest BCUT2D eigenvalue weighted by atomic mass is 15.1. The molecule has 0 atom stereocenters. The predicted molar refractivity (Wildman–Crippen MR) is 52.7 cm³/mol. The van der Waals surface area contributed by atoms with E-state index in [-0.39, 0.29) is 0 Å². The molecule has 0 aliphatic heterocycles. The average molecular weight is 168 g/mol. The molecule has 3 rings (SSSR count). The van der Waals surface area contributed by atoms with E-state index in [9.17, 15) is 0 Å². The number of fused-ring (bicyclic) bond motifs is 3. The van der Waals surface area contributed by atoms with Gasteiger partial charge in [0.25, 0.3) is 0 Å². The summed E-state index contributed by atoms with van der Waals surface area (Å²) in [6.45, 7) is 0. The minimum atomic E-state index is 1.11. The Morgan fingerprint density at radius 3 is 3.00 bits per heavy atom. The van der Waals surface area contributed by atoms with Gasteiger partial charge in [-0.15, -0.1) is 0 Å². The highest BCUT2D eigenvalue weighted by molar-refractivity contribution is 5.99. The zero-order valence-electron chi connectivity index (χ0n) is 6.99. The van der Waals surface area contributed by atoms with Crippen LogP contribution in [0.4, 0.5) is 0 Å². The van der Waals surface area contributed by atoms with Gasteiger partial charge in [0.15, 0.2) is 0 Å². The zero-order chi connectivity index (χ0) is 8.67. The first-order valence-corrected chi connectivity index (χ1v) is 4.26. The van der Waals surface area contributed by atoms with E-state index in [2.05, 4.69) is 40.5 Å². The molecule has 1 heterocycles. The number of nitrogens with zero attached hydrogens (tertiary/aromatic N) is 1. The Morgan fingerprint density at radius 1 is 1.08 bits per heavy atom. The topological polar surface area (TPSA) is 28.7 Å². The molecule has 1 aromatic rings. The van der Waals surface area contributed by atoms with Crippen molar-refractivity contribution in [3.05, 3.63) is 42.6 Å². The molecule has 0 saturated carbocycles. The summed E-state index contributed by atoms with van der Waals surface area (Å²) in [5.74, 6) is 0. The van der Waals surface area contributed by atoms with E-state index in [1.807, 2.05) is 12.3 Å². The summed E-state index contributed by atoms with van der Waals surface area (Å²) in [4.78, 5) is 0. The standard InChI is InChI=1S/C11H8N2/c1-2-4-8-6-11-10(7-12-13-11)9(8)5-3-1/h1-7H,(H,12,13). The lowest BCUT2D eigenvalue weighted by Crippen LogP contribution is -1.65. The molecule has 2 aliphatic carbocycles. The maximum Gasteiger partial charge on any atom is 0.0662 e. The lowest BCUT2D eigenvalue weighted by molar-refractivity contribution is 1.12. The summed E-state index contributed by atoms with van der Waals surface area (Å²) in [5.41, 5.74) is 3.63. The summed E-state index contributed by atoms with van der Waals surface area (Å²) in [5, 5.41) is 8.18. The van der Waals surface area contributed by atoms with Crippen molar-refractivity contribution in [3.8, 4) is 11.1 Å². The minimum Gasteiger partial charge on any atom is -0.278 e. The SMILES string of the molecule is c1ccc2cc3[nH]ncc3c-2cc1. The summed E-state index contributed by atoms with van der Waals surface area (Å²) < 4.78 is 0. The number of rotatable bonds is 0. The van der Waals surface area contributed by atoms with Crippen molar-refractivity contribution in [2.24, 2.45) is 0 Å². The van der Waals surface area contributed by atoms with Gasteiger partial charge < -0.3 is 0 Å². The number of aromatic amines is 1. The summed E-state index contributed by atoms with van der Waals surface area (Å²) in [6.07, 6.45) is 1.87. The van der Waals surface area contributed by atoms with Gasteiger partial charge in [-0.3, -0.25) is 5.10 Å². The minimum absolute atomic E-state index is 1.11. The van der Waals surface area contributed by atoms with E-state index in [0.717, 1.165) is 5.52 Å². The summed E-state index contributed by atoms with van der Waals surface area (Å²) in [6, 6.07) is 12.5. The van der Waals surface area contributed by atoms with Crippen molar-refractivity contribution < 1.29 is 0 Å². The number of nitrogens with one attached hydrogen (secondary N) is 1. The van der Waals surface area contributed by atoms with Gasteiger partial charge >= 0.3 is 0 Å². The van der Waals surface area contributed by atoms with Crippen molar-refractivity contribution in [1.82, 2.24) is 10.2 Å². The van der Waals surface area contributed by atoms with E-state index in [1.165, 1.54) is 16.5 Å². The maximum absolute atomic E-state index is 4.01. The van der Waals surface area contributed by atoms with Gasteiger partial charge in [0.1, 0.15) is 0 Å². The quantitative estimate of drug-likeness (QED) is 0.549. The van der Waals surface area contributed by atoms with E-state index in [4.69, 9.17) is 0 Å². The Kier molecular flexibility index (Phi) is 1.19. The number of aromatic nitrogens is 2. The highest BCUT2D eigenvalue weighted by Crippen LogP contribution is 2.31. The second-order valence-electron chi connectivity index (χ2n) is 3.12. The van der Waals surface area contributed by atoms with Crippen LogP contribution in [0.5, 0.6) is 0 Å². The molecule has 0 aromatic carbocycles. The lowest BCUT2D eigenvalue weighted by Gasteiger charge is -1.88. The van der Waals surface area contributed by atoms with Crippen molar-refractivity contribution in [2.75, 3.05) is 0 Å². The molecule has 0 amide bonds. The van der Waals surface area contributed by atoms with Crippen molar-refractivity contribution in [2.45, 2.75) is 0 Å². The predicted octanol–water partition coefficient (Wildman–Crippen LogP) is 2.67. The van der Waals surface area contributed by atoms with Crippen LogP contribution in [0, 0.1) is 0 Å². The fourth-order valence-electron chi connectivity index (χ4n) is 1.71. The second-order valence-corrected chi connectivity index (χ2v) is 3.12. The van der Waals surface area contributed by atoms with Crippen LogP contribution in [0.15, 0.2) is 42.6 Å². The molecule has 2 aliphatic rings. The van der Waals surface area contributed by atoms with Gasteiger partial charge in [-0.25, -0.2) is 0 Å². The molecule has 1 N–H and O–H groups in total. The van der Waals surface area contributed by atoms with Crippen LogP contribution in [-0.4, -0.2) is 10.2 Å². The fourth-order valence-corrected chi connectivity index (χ4v) is 1.71. The molecule has 0 fully saturated rings. The van der Waals surface area contributed by atoms with Gasteiger partial charge in [-0.2, -0.15) is 5.10 Å². The van der Waals surface area contributed by atoms with E-state index >= 15 is 0 Å². The Labute approximate surface area is 75.5 Å². The van der Waals surface area contributed by atoms with Crippen LogP contribution in [0.3, 0.4) is 0 Å². The first-order valence-electron chi connectivity index (χ1n) is 4.26. The van der Waals surface area contributed by atoms with E-state index < -0.39 is 0 Å². The number of hydrogen-bond donors (Lipinski definition) is 1. The number of hydrogen-bond acceptors (Lipinski definition) is 1. The Hall–Kier alpha value is -1.83. The molecule has 0 spiro atoms. The first-order chi connectivity index (χ1) is 6.45. The van der Waals surface area contributed by atoms with E-state index in [0.29, 0.717) is 0 Å². The molecule has 0 bridgehead atoms. The van der Waals surface area contributed by atoms with Gasteiger partial charge in [0, 0.05) is 5.39 Å². The van der Waals surface area contributed by atoms with Crippen LogP contribution in [-0.2, 0) is 0 Å². The van der Waals surface area contributed by atoms with Crippen LogP contribution in [0.25, 0.3) is 22.0 Å². The smallest absolute Gasteiger partial charge is 0.0662 e. The first kappa shape index (κ1) is 6.66. The van der Waals surface area contributed by atoms with Crippen molar-refractivity contribution >= 4 is 10.9 Å². The Morgan fingerprint density at radius 2 is 2.00 bits per heavy atom. The Balaban J connectivity index is 2.54. The van der Waals surface area contributed by atoms with Gasteiger partial charge in [0.2, 0.25) is 0 Å². The zero-order valence-corrected chi connectivity index (χ0v) is 6.99. The third-order valence-electron chi connectivity index (χ3n) is 2.33. The van der Waals surface area contributed by atoms with E-state index in [1.54, 1.807) is 0 Å². The van der Waals surface area contributed by atoms with Gasteiger partial charge in [-0.05, 0) is 17.2 Å². The van der Waals surface area contributed by atoms with Crippen molar-refractivity contribution in [3.63, 3.8) is 0 Å². The Bertz CT molecular complexity index is 525. The van der Waals surface area contributed by atoms with Gasteiger partial charge in [-0.1, -0.05) is 30.3 Å². The molecule has 0 saturated heterocycles. The number of H-pyrrole nitrogens is 1. The summed E-state index contributed by atoms with van der Waals surface area (Å²) >= 11 is 0. The van der Waals surface area contributed by atoms with Crippen LogP contribution >= 0.6 is 0 Å². The molecule has 13 heavy (non-hydrogen) atoms. The van der Waals surface area contributed by atoms with Gasteiger partial charge in [0.05, 0.1) is 11.7 Å². The second kappa shape index (κ2) is 2.33. The third-order valence-corrected chi connectivity index (χ3v) is 2.33. The molecule has 0 unspecified atom stereocenters. The van der Waals surface area contributed by atoms with Crippen LogP contribution in [0.2, 0.25) is 0 Å². The van der Waals surface area contributed by atoms with Crippen molar-refractivity contribution in [1.29, 1.82) is 0 Å². The largest absolute Gasteiger partial charge is 0.278 e. The molecule has 62 valence electrons. The average Bonchev–Trinajstić information content (AvgIpc) is 2.61. The summed E-state index contributed by atoms with van der Waals surface area (Å²) in [7, 11) is 0. The lowest BCUT2D eigenvalue weighted by atomic mass is 10.2. The third kappa shape index (κ3) is 0.855.